The summed E-state index contributed by atoms with van der Waals surface area (Å²) in [6.07, 6.45) is 2.36. The third-order valence-electron chi connectivity index (χ3n) is 3.66. The van der Waals surface area contributed by atoms with Crippen LogP contribution in [0, 0.1) is 11.3 Å². The molecule has 1 aromatic rings. The summed E-state index contributed by atoms with van der Waals surface area (Å²) < 4.78 is 16.2. The Kier molecular flexibility index (Phi) is 4.70. The lowest BCUT2D eigenvalue weighted by atomic mass is 9.92. The number of fused-ring (bicyclic) bond motifs is 1. The van der Waals surface area contributed by atoms with Gasteiger partial charge in [-0.3, -0.25) is 0 Å². The van der Waals surface area contributed by atoms with Gasteiger partial charge >= 0.3 is 0 Å². The number of benzene rings is 1. The van der Waals surface area contributed by atoms with Gasteiger partial charge in [-0.15, -0.1) is 0 Å². The lowest BCUT2D eigenvalue weighted by molar-refractivity contribution is 0.173. The molecule has 0 bridgehead atoms. The predicted molar refractivity (Wildman–Crippen MR) is 75.0 cm³/mol. The molecule has 0 fully saturated rings. The minimum absolute atomic E-state index is 0.266. The van der Waals surface area contributed by atoms with Crippen molar-refractivity contribution in [3.8, 4) is 23.3 Å². The van der Waals surface area contributed by atoms with Crippen LogP contribution in [-0.4, -0.2) is 26.0 Å². The van der Waals surface area contributed by atoms with Gasteiger partial charge in [-0.05, 0) is 38.4 Å². The van der Waals surface area contributed by atoms with Crippen LogP contribution in [0.2, 0.25) is 0 Å². The molecule has 5 heteroatoms. The molecular formula is C15H20N2O3. The van der Waals surface area contributed by atoms with E-state index in [1.807, 2.05) is 32.2 Å². The molecule has 1 heterocycles. The molecule has 0 aromatic heterocycles. The fourth-order valence-electron chi connectivity index (χ4n) is 2.20. The highest BCUT2D eigenvalue weighted by Gasteiger charge is 2.24. The van der Waals surface area contributed by atoms with E-state index in [4.69, 9.17) is 14.2 Å². The molecule has 0 saturated heterocycles. The van der Waals surface area contributed by atoms with E-state index in [9.17, 15) is 5.26 Å². The Morgan fingerprint density at radius 3 is 2.90 bits per heavy atom. The van der Waals surface area contributed by atoms with Crippen molar-refractivity contribution in [2.45, 2.75) is 31.7 Å². The zero-order valence-corrected chi connectivity index (χ0v) is 11.9. The van der Waals surface area contributed by atoms with Crippen LogP contribution in [0.25, 0.3) is 0 Å². The first-order chi connectivity index (χ1) is 9.73. The van der Waals surface area contributed by atoms with Crippen molar-refractivity contribution < 1.29 is 14.2 Å². The number of ether oxygens (including phenoxy) is 3. The minimum Gasteiger partial charge on any atom is -0.493 e. The monoisotopic (exact) mass is 276 g/mol. The summed E-state index contributed by atoms with van der Waals surface area (Å²) in [7, 11) is 1.82. The Hall–Kier alpha value is -1.93. The smallest absolute Gasteiger partial charge is 0.231 e. The average molecular weight is 276 g/mol. The van der Waals surface area contributed by atoms with Crippen LogP contribution in [0.5, 0.6) is 17.2 Å². The third kappa shape index (κ3) is 3.14. The number of nitriles is 1. The maximum absolute atomic E-state index is 9.21. The second-order valence-corrected chi connectivity index (χ2v) is 4.76. The molecule has 0 aliphatic carbocycles. The van der Waals surface area contributed by atoms with E-state index in [0.717, 1.165) is 36.5 Å². The molecule has 1 aromatic carbocycles. The third-order valence-corrected chi connectivity index (χ3v) is 3.66. The quantitative estimate of drug-likeness (QED) is 0.775. The molecule has 0 saturated carbocycles. The van der Waals surface area contributed by atoms with Gasteiger partial charge in [0.1, 0.15) is 11.3 Å². The minimum atomic E-state index is -0.446. The topological polar surface area (TPSA) is 63.5 Å². The van der Waals surface area contributed by atoms with Gasteiger partial charge in [0.2, 0.25) is 6.79 Å². The fraction of sp³-hybridized carbons (Fsp3) is 0.533. The van der Waals surface area contributed by atoms with Gasteiger partial charge in [-0.25, -0.2) is 0 Å². The van der Waals surface area contributed by atoms with E-state index in [0.29, 0.717) is 6.61 Å². The first kappa shape index (κ1) is 14.5. The summed E-state index contributed by atoms with van der Waals surface area (Å²) in [5, 5.41) is 12.3. The number of nitrogens with one attached hydrogen (secondary N) is 1. The number of nitrogens with zero attached hydrogens (tertiary/aromatic N) is 1. The van der Waals surface area contributed by atoms with E-state index in [1.165, 1.54) is 0 Å². The highest BCUT2D eigenvalue weighted by molar-refractivity contribution is 5.46. The van der Waals surface area contributed by atoms with Crippen molar-refractivity contribution in [3.63, 3.8) is 0 Å². The van der Waals surface area contributed by atoms with Crippen LogP contribution in [0.3, 0.4) is 0 Å². The van der Waals surface area contributed by atoms with Gasteiger partial charge in [0.25, 0.3) is 0 Å². The highest BCUT2D eigenvalue weighted by atomic mass is 16.7. The second-order valence-electron chi connectivity index (χ2n) is 4.76. The van der Waals surface area contributed by atoms with Crippen molar-refractivity contribution >= 4 is 0 Å². The first-order valence-corrected chi connectivity index (χ1v) is 6.85. The molecule has 1 aliphatic heterocycles. The molecule has 0 amide bonds. The summed E-state index contributed by atoms with van der Waals surface area (Å²) in [6.45, 7) is 2.85. The van der Waals surface area contributed by atoms with Crippen molar-refractivity contribution in [1.29, 1.82) is 5.26 Å². The Morgan fingerprint density at radius 2 is 2.20 bits per heavy atom. The largest absolute Gasteiger partial charge is 0.493 e. The summed E-state index contributed by atoms with van der Waals surface area (Å²) in [5.41, 5.74) is -0.446. The first-order valence-electron chi connectivity index (χ1n) is 6.85. The lowest BCUT2D eigenvalue weighted by Gasteiger charge is -2.24. The van der Waals surface area contributed by atoms with Crippen LogP contribution in [0.15, 0.2) is 18.2 Å². The van der Waals surface area contributed by atoms with E-state index >= 15 is 0 Å². The average Bonchev–Trinajstić information content (AvgIpc) is 2.96. The SMILES string of the molecule is CCC(C#N)(CCCOc1ccc2c(c1)OCO2)NC. The van der Waals surface area contributed by atoms with E-state index in [-0.39, 0.29) is 6.79 Å². The molecule has 1 unspecified atom stereocenters. The van der Waals surface area contributed by atoms with Gasteiger partial charge in [0.15, 0.2) is 11.5 Å². The lowest BCUT2D eigenvalue weighted by Crippen LogP contribution is -2.41. The Labute approximate surface area is 119 Å². The van der Waals surface area contributed by atoms with Crippen molar-refractivity contribution in [1.82, 2.24) is 5.32 Å². The fourth-order valence-corrected chi connectivity index (χ4v) is 2.20. The second kappa shape index (κ2) is 6.49. The molecule has 1 aliphatic rings. The van der Waals surface area contributed by atoms with Gasteiger partial charge in [0, 0.05) is 6.07 Å². The predicted octanol–water partition coefficient (Wildman–Crippen LogP) is 2.47. The molecule has 0 spiro atoms. The zero-order chi connectivity index (χ0) is 14.4. The van der Waals surface area contributed by atoms with Gasteiger partial charge in [-0.2, -0.15) is 5.26 Å². The van der Waals surface area contributed by atoms with Crippen molar-refractivity contribution in [2.75, 3.05) is 20.4 Å². The van der Waals surface area contributed by atoms with Crippen LogP contribution < -0.4 is 19.5 Å². The van der Waals surface area contributed by atoms with Gasteiger partial charge in [0.05, 0.1) is 12.7 Å². The molecular weight excluding hydrogens is 256 g/mol. The number of hydrogen-bond acceptors (Lipinski definition) is 5. The molecule has 0 radical (unpaired) electrons. The van der Waals surface area contributed by atoms with E-state index in [1.54, 1.807) is 0 Å². The van der Waals surface area contributed by atoms with Crippen molar-refractivity contribution in [3.05, 3.63) is 18.2 Å². The summed E-state index contributed by atoms with van der Waals surface area (Å²) in [4.78, 5) is 0. The molecule has 5 nitrogen and oxygen atoms in total. The summed E-state index contributed by atoms with van der Waals surface area (Å²) in [5.74, 6) is 2.23. The highest BCUT2D eigenvalue weighted by Crippen LogP contribution is 2.35. The van der Waals surface area contributed by atoms with E-state index in [2.05, 4.69) is 11.4 Å². The standard InChI is InChI=1S/C15H20N2O3/c1-3-15(10-16,17-2)7-4-8-18-12-5-6-13-14(9-12)20-11-19-13/h5-6,9,17H,3-4,7-8,11H2,1-2H3. The van der Waals surface area contributed by atoms with Crippen LogP contribution in [0.1, 0.15) is 26.2 Å². The number of hydrogen-bond donors (Lipinski definition) is 1. The molecule has 20 heavy (non-hydrogen) atoms. The van der Waals surface area contributed by atoms with Crippen LogP contribution in [-0.2, 0) is 0 Å². The number of rotatable bonds is 7. The maximum Gasteiger partial charge on any atom is 0.231 e. The summed E-state index contributed by atoms with van der Waals surface area (Å²) in [6, 6.07) is 7.88. The normalized spacial score (nSPS) is 15.4. The van der Waals surface area contributed by atoms with Crippen LogP contribution >= 0.6 is 0 Å². The Balaban J connectivity index is 1.80. The summed E-state index contributed by atoms with van der Waals surface area (Å²) >= 11 is 0. The van der Waals surface area contributed by atoms with E-state index < -0.39 is 5.54 Å². The Bertz CT molecular complexity index is 492. The van der Waals surface area contributed by atoms with Gasteiger partial charge in [-0.1, -0.05) is 6.92 Å². The molecule has 2 rings (SSSR count). The van der Waals surface area contributed by atoms with Crippen molar-refractivity contribution in [2.24, 2.45) is 0 Å². The molecule has 108 valence electrons. The van der Waals surface area contributed by atoms with Gasteiger partial charge < -0.3 is 19.5 Å². The maximum atomic E-state index is 9.21. The molecule has 1 N–H and O–H groups in total. The van der Waals surface area contributed by atoms with Crippen LogP contribution in [0.4, 0.5) is 0 Å². The Morgan fingerprint density at radius 1 is 1.40 bits per heavy atom. The molecule has 1 atom stereocenters. The zero-order valence-electron chi connectivity index (χ0n) is 11.9.